The van der Waals surface area contributed by atoms with E-state index in [1.54, 1.807) is 0 Å². The Morgan fingerprint density at radius 1 is 0.704 bits per heavy atom. The lowest BCUT2D eigenvalue weighted by atomic mass is 10.1. The van der Waals surface area contributed by atoms with Crippen molar-refractivity contribution in [3.8, 4) is 0 Å². The first-order valence-corrected chi connectivity index (χ1v) is 12.7. The molecule has 0 aliphatic carbocycles. The minimum atomic E-state index is -4.92. The van der Waals surface area contributed by atoms with E-state index in [0.29, 0.717) is 6.42 Å². The van der Waals surface area contributed by atoms with Gasteiger partial charge in [-0.15, -0.1) is 0 Å². The van der Waals surface area contributed by atoms with Gasteiger partial charge in [0, 0.05) is 6.42 Å². The summed E-state index contributed by atoms with van der Waals surface area (Å²) < 4.78 is 63.8. The molecule has 0 radical (unpaired) electrons. The predicted octanol–water partition coefficient (Wildman–Crippen LogP) is 3.27. The summed E-state index contributed by atoms with van der Waals surface area (Å²) in [6.07, 6.45) is 13.9. The molecule has 166 valence electrons. The van der Waals surface area contributed by atoms with Gasteiger partial charge >= 0.3 is 0 Å². The predicted molar refractivity (Wildman–Crippen MR) is 107 cm³/mol. The maximum absolute atomic E-state index is 10.7. The molecule has 0 heterocycles. The zero-order chi connectivity index (χ0) is 21.4. The van der Waals surface area contributed by atoms with E-state index in [9.17, 15) is 8.42 Å². The number of nitrogens with zero attached hydrogens (tertiary/aromatic N) is 1. The van der Waals surface area contributed by atoms with Crippen LogP contribution in [-0.4, -0.2) is 67.9 Å². The number of rotatable bonds is 15. The second kappa shape index (κ2) is 15.6. The Morgan fingerprint density at radius 2 is 1.04 bits per heavy atom. The maximum atomic E-state index is 10.7. The number of hydrogen-bond acceptors (Lipinski definition) is 5. The lowest BCUT2D eigenvalue weighted by molar-refractivity contribution is -0.890. The summed E-state index contributed by atoms with van der Waals surface area (Å²) in [5.74, 6) is -0.118. The SMILES string of the molecule is CCCCCCCCCCCC[N+](C)(C)CCCS(=O)(=O)O.O=S(=O)([O-])O. The second-order valence-electron chi connectivity index (χ2n) is 7.63. The molecule has 0 aromatic rings. The van der Waals surface area contributed by atoms with E-state index in [0.717, 1.165) is 17.6 Å². The van der Waals surface area contributed by atoms with Crippen molar-refractivity contribution in [2.75, 3.05) is 32.9 Å². The van der Waals surface area contributed by atoms with Gasteiger partial charge in [-0.1, -0.05) is 58.3 Å². The van der Waals surface area contributed by atoms with Crippen molar-refractivity contribution in [2.45, 2.75) is 77.6 Å². The Morgan fingerprint density at radius 3 is 1.41 bits per heavy atom. The Bertz CT molecular complexity index is 538. The van der Waals surface area contributed by atoms with Crippen molar-refractivity contribution in [2.24, 2.45) is 0 Å². The highest BCUT2D eigenvalue weighted by Gasteiger charge is 2.16. The third-order valence-electron chi connectivity index (χ3n) is 4.28. The molecule has 8 nitrogen and oxygen atoms in total. The van der Waals surface area contributed by atoms with E-state index < -0.39 is 20.5 Å². The van der Waals surface area contributed by atoms with Gasteiger partial charge in [0.2, 0.25) is 10.4 Å². The van der Waals surface area contributed by atoms with Crippen LogP contribution in [0, 0.1) is 0 Å². The third kappa shape index (κ3) is 33.7. The molecule has 10 heteroatoms. The molecule has 27 heavy (non-hydrogen) atoms. The largest absolute Gasteiger partial charge is 0.726 e. The summed E-state index contributed by atoms with van der Waals surface area (Å²) >= 11 is 0. The van der Waals surface area contributed by atoms with Crippen LogP contribution in [0.3, 0.4) is 0 Å². The number of hydrogen-bond donors (Lipinski definition) is 2. The molecule has 0 saturated heterocycles. The first-order valence-electron chi connectivity index (χ1n) is 9.72. The second-order valence-corrected chi connectivity index (χ2v) is 10.1. The molecule has 0 fully saturated rings. The van der Waals surface area contributed by atoms with Gasteiger partial charge < -0.3 is 9.04 Å². The average Bonchev–Trinajstić information content (AvgIpc) is 2.46. The summed E-state index contributed by atoms with van der Waals surface area (Å²) in [5.41, 5.74) is 0. The smallest absolute Gasteiger partial charge is 0.265 e. The molecule has 0 bridgehead atoms. The monoisotopic (exact) mass is 433 g/mol. The van der Waals surface area contributed by atoms with Gasteiger partial charge in [-0.2, -0.15) is 8.42 Å². The topological polar surface area (TPSA) is 132 Å². The van der Waals surface area contributed by atoms with Gasteiger partial charge in [0.15, 0.2) is 0 Å². The van der Waals surface area contributed by atoms with Gasteiger partial charge in [0.1, 0.15) is 0 Å². The van der Waals surface area contributed by atoms with Crippen molar-refractivity contribution in [3.63, 3.8) is 0 Å². The molecule has 0 aromatic carbocycles. The van der Waals surface area contributed by atoms with Crippen LogP contribution in [0.2, 0.25) is 0 Å². The first-order chi connectivity index (χ1) is 12.3. The molecular formula is C17H39NO7S2. The minimum Gasteiger partial charge on any atom is -0.726 e. The summed E-state index contributed by atoms with van der Waals surface area (Å²) in [6.45, 7) is 4.14. The van der Waals surface area contributed by atoms with Crippen molar-refractivity contribution in [1.29, 1.82) is 0 Å². The van der Waals surface area contributed by atoms with Gasteiger partial charge in [-0.25, -0.2) is 8.42 Å². The standard InChI is InChI=1S/C17H37NO3S.H2O4S/c1-4-5-6-7-8-9-10-11-12-13-15-18(2,3)16-14-17-22(19,20)21;1-5(2,3)4/h4-17H2,1-3H3;(H2,1,2,3,4). The van der Waals surface area contributed by atoms with Crippen LogP contribution in [0.5, 0.6) is 0 Å². The fourth-order valence-electron chi connectivity index (χ4n) is 2.81. The van der Waals surface area contributed by atoms with Crippen molar-refractivity contribution >= 4 is 20.5 Å². The van der Waals surface area contributed by atoms with E-state index in [2.05, 4.69) is 21.0 Å². The highest BCUT2D eigenvalue weighted by atomic mass is 32.3. The minimum absolute atomic E-state index is 0.118. The van der Waals surface area contributed by atoms with Gasteiger partial charge in [-0.05, 0) is 12.8 Å². The fourth-order valence-corrected chi connectivity index (χ4v) is 3.31. The molecule has 0 aliphatic heterocycles. The van der Waals surface area contributed by atoms with Crippen LogP contribution in [0.15, 0.2) is 0 Å². The van der Waals surface area contributed by atoms with Crippen LogP contribution in [-0.2, 0) is 20.5 Å². The van der Waals surface area contributed by atoms with Gasteiger partial charge in [-0.3, -0.25) is 9.11 Å². The Balaban J connectivity index is 0. The molecule has 0 spiro atoms. The summed E-state index contributed by atoms with van der Waals surface area (Å²) in [6, 6.07) is 0. The Hall–Kier alpha value is -0.260. The highest BCUT2D eigenvalue weighted by molar-refractivity contribution is 7.85. The van der Waals surface area contributed by atoms with Crippen LogP contribution in [0.4, 0.5) is 0 Å². The van der Waals surface area contributed by atoms with E-state index in [4.69, 9.17) is 22.1 Å². The van der Waals surface area contributed by atoms with Crippen LogP contribution in [0.25, 0.3) is 0 Å². The molecule has 2 N–H and O–H groups in total. The number of quaternary nitrogens is 1. The van der Waals surface area contributed by atoms with E-state index in [-0.39, 0.29) is 5.75 Å². The van der Waals surface area contributed by atoms with Crippen molar-refractivity contribution < 1.29 is 35.0 Å². The number of unbranched alkanes of at least 4 members (excludes halogenated alkanes) is 9. The van der Waals surface area contributed by atoms with E-state index in [1.165, 1.54) is 64.2 Å². The molecule has 0 unspecified atom stereocenters. The zero-order valence-corrected chi connectivity index (χ0v) is 18.7. The maximum Gasteiger partial charge on any atom is 0.265 e. The first kappa shape index (κ1) is 28.9. The van der Waals surface area contributed by atoms with Crippen LogP contribution in [0.1, 0.15) is 77.6 Å². The van der Waals surface area contributed by atoms with E-state index in [1.807, 2.05) is 0 Å². The molecule has 0 saturated carbocycles. The molecule has 0 rings (SSSR count). The lowest BCUT2D eigenvalue weighted by Crippen LogP contribution is -2.41. The molecule has 0 aliphatic rings. The van der Waals surface area contributed by atoms with Crippen molar-refractivity contribution in [1.82, 2.24) is 0 Å². The summed E-state index contributed by atoms with van der Waals surface area (Å²) in [5, 5.41) is 0. The zero-order valence-electron chi connectivity index (χ0n) is 17.1. The molecular weight excluding hydrogens is 394 g/mol. The Kier molecular flexibility index (Phi) is 16.8. The van der Waals surface area contributed by atoms with Crippen molar-refractivity contribution in [3.05, 3.63) is 0 Å². The lowest BCUT2D eigenvalue weighted by Gasteiger charge is -2.29. The summed E-state index contributed by atoms with van der Waals surface area (Å²) in [4.78, 5) is 0. The fraction of sp³-hybridized carbons (Fsp3) is 1.00. The van der Waals surface area contributed by atoms with Gasteiger partial charge in [0.05, 0.1) is 32.9 Å². The third-order valence-corrected chi connectivity index (χ3v) is 5.09. The normalized spacial score (nSPS) is 12.5. The summed E-state index contributed by atoms with van der Waals surface area (Å²) in [7, 11) is -4.44. The molecule has 0 amide bonds. The van der Waals surface area contributed by atoms with Crippen LogP contribution < -0.4 is 0 Å². The molecule has 0 atom stereocenters. The van der Waals surface area contributed by atoms with E-state index >= 15 is 0 Å². The van der Waals surface area contributed by atoms with Crippen LogP contribution >= 0.6 is 0 Å². The quantitative estimate of drug-likeness (QED) is 0.175. The average molecular weight is 434 g/mol. The molecule has 0 aromatic heterocycles. The van der Waals surface area contributed by atoms with Gasteiger partial charge in [0.25, 0.3) is 10.1 Å². The highest BCUT2D eigenvalue weighted by Crippen LogP contribution is 2.12. The Labute approximate surface area is 166 Å².